The summed E-state index contributed by atoms with van der Waals surface area (Å²) in [7, 11) is 0. The van der Waals surface area contributed by atoms with Crippen molar-refractivity contribution < 1.29 is 4.79 Å². The second-order valence-corrected chi connectivity index (χ2v) is 4.48. The first-order valence-electron chi connectivity index (χ1n) is 6.36. The molecule has 3 N–H and O–H groups in total. The van der Waals surface area contributed by atoms with Crippen LogP contribution in [0.5, 0.6) is 0 Å². The minimum absolute atomic E-state index is 0.101. The summed E-state index contributed by atoms with van der Waals surface area (Å²) in [5.41, 5.74) is 7.53. The third-order valence-corrected chi connectivity index (χ3v) is 2.87. The Bertz CT molecular complexity index is 395. The van der Waals surface area contributed by atoms with Crippen molar-refractivity contribution in [2.75, 3.05) is 12.3 Å². The van der Waals surface area contributed by atoms with Gasteiger partial charge in [-0.3, -0.25) is 4.79 Å². The molecule has 3 nitrogen and oxygen atoms in total. The predicted octanol–water partition coefficient (Wildman–Crippen LogP) is 2.84. The molecule has 0 bridgehead atoms. The van der Waals surface area contributed by atoms with Gasteiger partial charge in [0.25, 0.3) is 0 Å². The molecule has 98 valence electrons. The van der Waals surface area contributed by atoms with Crippen molar-refractivity contribution in [2.24, 2.45) is 0 Å². The van der Waals surface area contributed by atoms with E-state index < -0.39 is 0 Å². The minimum Gasteiger partial charge on any atom is -0.399 e. The molecule has 0 aliphatic rings. The third kappa shape index (κ3) is 5.04. The molecule has 0 aromatic heterocycles. The molecule has 0 saturated heterocycles. The van der Waals surface area contributed by atoms with Crippen molar-refractivity contribution in [3.63, 3.8) is 0 Å². The average molecular weight is 246 g/mol. The first-order chi connectivity index (χ1) is 8.63. The number of benzene rings is 1. The van der Waals surface area contributed by atoms with Gasteiger partial charge < -0.3 is 11.1 Å². The van der Waals surface area contributed by atoms with Crippen LogP contribution in [0, 0.1) is 0 Å². The number of nitrogens with one attached hydrogen (secondary N) is 1. The molecule has 0 aliphatic carbocycles. The van der Waals surface area contributed by atoms with Gasteiger partial charge >= 0.3 is 0 Å². The van der Waals surface area contributed by atoms with Gasteiger partial charge in [0.1, 0.15) is 0 Å². The Morgan fingerprint density at radius 2 is 2.06 bits per heavy atom. The number of anilines is 1. The van der Waals surface area contributed by atoms with Gasteiger partial charge in [-0.05, 0) is 37.0 Å². The summed E-state index contributed by atoms with van der Waals surface area (Å²) in [5.74, 6) is 0.316. The number of hydrogen-bond acceptors (Lipinski definition) is 2. The summed E-state index contributed by atoms with van der Waals surface area (Å²) in [6.45, 7) is 4.74. The molecule has 1 atom stereocenters. The minimum atomic E-state index is 0.101. The lowest BCUT2D eigenvalue weighted by atomic mass is 9.97. The Morgan fingerprint density at radius 3 is 2.67 bits per heavy atom. The highest BCUT2D eigenvalue weighted by Crippen LogP contribution is 2.19. The van der Waals surface area contributed by atoms with Crippen molar-refractivity contribution in [3.8, 4) is 0 Å². The molecule has 1 aromatic rings. The van der Waals surface area contributed by atoms with Crippen LogP contribution in [-0.4, -0.2) is 12.5 Å². The van der Waals surface area contributed by atoms with Gasteiger partial charge in [-0.1, -0.05) is 31.2 Å². The Morgan fingerprint density at radius 1 is 1.39 bits per heavy atom. The molecule has 3 heteroatoms. The molecule has 0 aliphatic heterocycles. The fourth-order valence-corrected chi connectivity index (χ4v) is 1.75. The van der Waals surface area contributed by atoms with Crippen molar-refractivity contribution in [2.45, 2.75) is 32.6 Å². The van der Waals surface area contributed by atoms with Crippen molar-refractivity contribution in [1.29, 1.82) is 0 Å². The SMILES string of the molecule is C/C=C/CCNC(=O)CC(C)c1ccc(N)cc1. The number of nitrogen functional groups attached to an aromatic ring is 1. The zero-order valence-electron chi connectivity index (χ0n) is 11.1. The van der Waals surface area contributed by atoms with E-state index in [2.05, 4.69) is 12.2 Å². The van der Waals surface area contributed by atoms with E-state index in [0.29, 0.717) is 13.0 Å². The number of hydrogen-bond donors (Lipinski definition) is 2. The van der Waals surface area contributed by atoms with Crippen LogP contribution < -0.4 is 11.1 Å². The quantitative estimate of drug-likeness (QED) is 0.460. The largest absolute Gasteiger partial charge is 0.399 e. The van der Waals surface area contributed by atoms with E-state index in [9.17, 15) is 4.79 Å². The highest BCUT2D eigenvalue weighted by molar-refractivity contribution is 5.76. The molecule has 0 fully saturated rings. The molecular weight excluding hydrogens is 224 g/mol. The van der Waals surface area contributed by atoms with Gasteiger partial charge in [0, 0.05) is 18.7 Å². The summed E-state index contributed by atoms with van der Waals surface area (Å²) in [5, 5.41) is 2.91. The lowest BCUT2D eigenvalue weighted by molar-refractivity contribution is -0.121. The zero-order valence-corrected chi connectivity index (χ0v) is 11.1. The summed E-state index contributed by atoms with van der Waals surface area (Å²) >= 11 is 0. The van der Waals surface area contributed by atoms with Gasteiger partial charge in [-0.15, -0.1) is 0 Å². The first-order valence-corrected chi connectivity index (χ1v) is 6.36. The van der Waals surface area contributed by atoms with Crippen LogP contribution >= 0.6 is 0 Å². The van der Waals surface area contributed by atoms with Crippen molar-refractivity contribution >= 4 is 11.6 Å². The van der Waals surface area contributed by atoms with Gasteiger partial charge in [0.15, 0.2) is 0 Å². The van der Waals surface area contributed by atoms with Crippen LogP contribution in [0.1, 0.15) is 38.2 Å². The Labute approximate surface area is 109 Å². The second-order valence-electron chi connectivity index (χ2n) is 4.48. The zero-order chi connectivity index (χ0) is 13.4. The lowest BCUT2D eigenvalue weighted by Crippen LogP contribution is -2.25. The first kappa shape index (κ1) is 14.3. The van der Waals surface area contributed by atoms with E-state index in [1.807, 2.05) is 43.3 Å². The fraction of sp³-hybridized carbons (Fsp3) is 0.400. The van der Waals surface area contributed by atoms with Gasteiger partial charge in [0.05, 0.1) is 0 Å². The predicted molar refractivity (Wildman–Crippen MR) is 76.3 cm³/mol. The van der Waals surface area contributed by atoms with Crippen LogP contribution in [0.3, 0.4) is 0 Å². The summed E-state index contributed by atoms with van der Waals surface area (Å²) < 4.78 is 0. The summed E-state index contributed by atoms with van der Waals surface area (Å²) in [4.78, 5) is 11.7. The van der Waals surface area contributed by atoms with Crippen molar-refractivity contribution in [1.82, 2.24) is 5.32 Å². The smallest absolute Gasteiger partial charge is 0.220 e. The van der Waals surface area contributed by atoms with Crippen LogP contribution in [0.4, 0.5) is 5.69 Å². The fourth-order valence-electron chi connectivity index (χ4n) is 1.75. The monoisotopic (exact) mass is 246 g/mol. The molecule has 0 spiro atoms. The number of rotatable bonds is 6. The third-order valence-electron chi connectivity index (χ3n) is 2.87. The molecule has 1 unspecified atom stereocenters. The number of carbonyl (C=O) groups excluding carboxylic acids is 1. The van der Waals surface area contributed by atoms with E-state index >= 15 is 0 Å². The standard InChI is InChI=1S/C15H22N2O/c1-3-4-5-10-17-15(18)11-12(2)13-6-8-14(16)9-7-13/h3-4,6-9,12H,5,10-11,16H2,1-2H3,(H,17,18)/b4-3+. The van der Waals surface area contributed by atoms with Gasteiger partial charge in [0.2, 0.25) is 5.91 Å². The molecule has 0 radical (unpaired) electrons. The normalized spacial score (nSPS) is 12.6. The molecular formula is C15H22N2O. The number of carbonyl (C=O) groups is 1. The molecule has 1 amide bonds. The van der Waals surface area contributed by atoms with Gasteiger partial charge in [-0.25, -0.2) is 0 Å². The molecule has 18 heavy (non-hydrogen) atoms. The number of allylic oxidation sites excluding steroid dienone is 1. The van der Waals surface area contributed by atoms with E-state index in [1.54, 1.807) is 0 Å². The van der Waals surface area contributed by atoms with Crippen molar-refractivity contribution in [3.05, 3.63) is 42.0 Å². The second kappa shape index (κ2) is 7.54. The van der Waals surface area contributed by atoms with E-state index in [1.165, 1.54) is 0 Å². The van der Waals surface area contributed by atoms with Crippen LogP contribution in [0.25, 0.3) is 0 Å². The Hall–Kier alpha value is -1.77. The molecule has 0 heterocycles. The molecule has 0 saturated carbocycles. The van der Waals surface area contributed by atoms with E-state index in [0.717, 1.165) is 17.7 Å². The van der Waals surface area contributed by atoms with E-state index in [-0.39, 0.29) is 11.8 Å². The van der Waals surface area contributed by atoms with Crippen LogP contribution in [-0.2, 0) is 4.79 Å². The maximum atomic E-state index is 11.7. The average Bonchev–Trinajstić information content (AvgIpc) is 2.35. The Kier molecular flexibility index (Phi) is 5.98. The maximum Gasteiger partial charge on any atom is 0.220 e. The molecule has 1 aromatic carbocycles. The van der Waals surface area contributed by atoms with Crippen LogP contribution in [0.2, 0.25) is 0 Å². The lowest BCUT2D eigenvalue weighted by Gasteiger charge is -2.12. The number of amides is 1. The number of nitrogens with two attached hydrogens (primary N) is 1. The summed E-state index contributed by atoms with van der Waals surface area (Å²) in [6, 6.07) is 7.70. The topological polar surface area (TPSA) is 55.1 Å². The maximum absolute atomic E-state index is 11.7. The summed E-state index contributed by atoms with van der Waals surface area (Å²) in [6.07, 6.45) is 5.44. The highest BCUT2D eigenvalue weighted by Gasteiger charge is 2.10. The van der Waals surface area contributed by atoms with Gasteiger partial charge in [-0.2, -0.15) is 0 Å². The van der Waals surface area contributed by atoms with E-state index in [4.69, 9.17) is 5.73 Å². The highest BCUT2D eigenvalue weighted by atomic mass is 16.1. The van der Waals surface area contributed by atoms with Crippen LogP contribution in [0.15, 0.2) is 36.4 Å². The Balaban J connectivity index is 2.37. The molecule has 1 rings (SSSR count).